The minimum atomic E-state index is -0.470. The maximum Gasteiger partial charge on any atom is 0.408 e. The molecule has 0 heterocycles. The molecule has 0 bridgehead atoms. The molecule has 19 heavy (non-hydrogen) atoms. The van der Waals surface area contributed by atoms with Gasteiger partial charge in [0.15, 0.2) is 0 Å². The van der Waals surface area contributed by atoms with Gasteiger partial charge in [-0.05, 0) is 51.7 Å². The van der Waals surface area contributed by atoms with Crippen LogP contribution in [0.15, 0.2) is 12.1 Å². The van der Waals surface area contributed by atoms with Crippen molar-refractivity contribution in [2.45, 2.75) is 52.2 Å². The van der Waals surface area contributed by atoms with Crippen molar-refractivity contribution in [3.63, 3.8) is 0 Å². The van der Waals surface area contributed by atoms with Crippen molar-refractivity contribution < 1.29 is 9.53 Å². The zero-order valence-corrected chi connectivity index (χ0v) is 12.0. The van der Waals surface area contributed by atoms with E-state index >= 15 is 0 Å². The van der Waals surface area contributed by atoms with Crippen LogP contribution in [0.4, 0.5) is 4.79 Å². The van der Waals surface area contributed by atoms with Gasteiger partial charge in [-0.2, -0.15) is 0 Å². The third-order valence-corrected chi connectivity index (χ3v) is 3.43. The van der Waals surface area contributed by atoms with Crippen LogP contribution in [0.1, 0.15) is 49.9 Å². The molecule has 0 unspecified atom stereocenters. The van der Waals surface area contributed by atoms with Gasteiger partial charge >= 0.3 is 6.09 Å². The van der Waals surface area contributed by atoms with Crippen molar-refractivity contribution in [2.24, 2.45) is 0 Å². The fraction of sp³-hybridized carbons (Fsp3) is 0.533. The lowest BCUT2D eigenvalue weighted by molar-refractivity contribution is 0.0503. The first-order valence-electron chi connectivity index (χ1n) is 6.65. The molecule has 0 aliphatic heterocycles. The van der Waals surface area contributed by atoms with Gasteiger partial charge in [0.1, 0.15) is 13.4 Å². The standard InChI is InChI=1S/C15H20BNO2/c1-9-10-6-8-13(11(10)5-7-12(9)16)17-14(18)19-15(2,3)4/h5,7,13H,6,8H2,1-4H3,(H,17,18)/t13-/m0/s1. The average Bonchev–Trinajstić information content (AvgIpc) is 2.65. The van der Waals surface area contributed by atoms with Gasteiger partial charge in [-0.1, -0.05) is 23.2 Å². The van der Waals surface area contributed by atoms with Crippen LogP contribution in [0, 0.1) is 6.92 Å². The molecular formula is C15H20BNO2. The molecule has 2 rings (SSSR count). The Morgan fingerprint density at radius 2 is 2.11 bits per heavy atom. The molecule has 0 fully saturated rings. The SMILES string of the molecule is [B]c1ccc2c(c1C)CC[C@@H]2NC(=O)OC(C)(C)C. The number of alkyl carbamates (subject to hydrolysis) is 1. The molecule has 1 aliphatic rings. The fourth-order valence-electron chi connectivity index (χ4n) is 2.50. The lowest BCUT2D eigenvalue weighted by Crippen LogP contribution is -2.34. The second kappa shape index (κ2) is 4.91. The lowest BCUT2D eigenvalue weighted by Gasteiger charge is -2.22. The van der Waals surface area contributed by atoms with Gasteiger partial charge in [-0.15, -0.1) is 0 Å². The molecule has 0 spiro atoms. The summed E-state index contributed by atoms with van der Waals surface area (Å²) >= 11 is 0. The highest BCUT2D eigenvalue weighted by Crippen LogP contribution is 2.32. The molecule has 1 amide bonds. The van der Waals surface area contributed by atoms with Gasteiger partial charge in [0.25, 0.3) is 0 Å². The first-order valence-corrected chi connectivity index (χ1v) is 6.65. The first kappa shape index (κ1) is 14.0. The number of amides is 1. The van der Waals surface area contributed by atoms with Crippen molar-refractivity contribution in [3.8, 4) is 0 Å². The maximum atomic E-state index is 11.8. The van der Waals surface area contributed by atoms with Gasteiger partial charge < -0.3 is 10.1 Å². The molecule has 1 aliphatic carbocycles. The summed E-state index contributed by atoms with van der Waals surface area (Å²) in [5.74, 6) is 0. The van der Waals surface area contributed by atoms with Crippen LogP contribution < -0.4 is 10.8 Å². The molecule has 100 valence electrons. The summed E-state index contributed by atoms with van der Waals surface area (Å²) in [5, 5.41) is 2.94. The molecule has 4 heteroatoms. The number of fused-ring (bicyclic) bond motifs is 1. The van der Waals surface area contributed by atoms with Gasteiger partial charge in [-0.3, -0.25) is 0 Å². The zero-order chi connectivity index (χ0) is 14.2. The number of ether oxygens (including phenoxy) is 1. The molecule has 1 N–H and O–H groups in total. The number of carbonyl (C=O) groups excluding carboxylic acids is 1. The van der Waals surface area contributed by atoms with E-state index in [0.717, 1.165) is 29.4 Å². The van der Waals surface area contributed by atoms with Crippen LogP contribution >= 0.6 is 0 Å². The quantitative estimate of drug-likeness (QED) is 0.784. The van der Waals surface area contributed by atoms with E-state index < -0.39 is 5.60 Å². The Hall–Kier alpha value is -1.45. The second-order valence-electron chi connectivity index (χ2n) is 6.09. The third kappa shape index (κ3) is 3.11. The van der Waals surface area contributed by atoms with E-state index in [-0.39, 0.29) is 12.1 Å². The fourth-order valence-corrected chi connectivity index (χ4v) is 2.50. The summed E-state index contributed by atoms with van der Waals surface area (Å²) in [6, 6.07) is 3.94. The molecule has 1 aromatic rings. The second-order valence-corrected chi connectivity index (χ2v) is 6.09. The van der Waals surface area contributed by atoms with Gasteiger partial charge in [0.05, 0.1) is 6.04 Å². The number of hydrogen-bond acceptors (Lipinski definition) is 2. The van der Waals surface area contributed by atoms with E-state index in [1.807, 2.05) is 39.8 Å². The predicted molar refractivity (Wildman–Crippen MR) is 77.0 cm³/mol. The Morgan fingerprint density at radius 1 is 1.42 bits per heavy atom. The Balaban J connectivity index is 2.11. The summed E-state index contributed by atoms with van der Waals surface area (Å²) in [7, 11) is 5.91. The summed E-state index contributed by atoms with van der Waals surface area (Å²) in [5.41, 5.74) is 3.91. The molecule has 1 atom stereocenters. The number of hydrogen-bond donors (Lipinski definition) is 1. The average molecular weight is 257 g/mol. The number of benzene rings is 1. The Labute approximate surface area is 116 Å². The van der Waals surface area contributed by atoms with Crippen molar-refractivity contribution in [3.05, 3.63) is 28.8 Å². The van der Waals surface area contributed by atoms with Crippen LogP contribution in [-0.2, 0) is 11.2 Å². The molecule has 2 radical (unpaired) electrons. The smallest absolute Gasteiger partial charge is 0.408 e. The van der Waals surface area contributed by atoms with E-state index in [1.165, 1.54) is 5.56 Å². The van der Waals surface area contributed by atoms with Crippen molar-refractivity contribution in [1.82, 2.24) is 5.32 Å². The van der Waals surface area contributed by atoms with Crippen LogP contribution in [-0.4, -0.2) is 19.5 Å². The maximum absolute atomic E-state index is 11.8. The van der Waals surface area contributed by atoms with Crippen molar-refractivity contribution in [2.75, 3.05) is 0 Å². The predicted octanol–water partition coefficient (Wildman–Crippen LogP) is 2.30. The molecule has 3 nitrogen and oxygen atoms in total. The summed E-state index contributed by atoms with van der Waals surface area (Å²) in [4.78, 5) is 11.8. The minimum Gasteiger partial charge on any atom is -0.444 e. The molecule has 1 aromatic carbocycles. The topological polar surface area (TPSA) is 38.3 Å². The first-order chi connectivity index (χ1) is 8.78. The number of carbonyl (C=O) groups is 1. The van der Waals surface area contributed by atoms with E-state index in [1.54, 1.807) is 0 Å². The number of nitrogens with one attached hydrogen (secondary N) is 1. The Kier molecular flexibility index (Phi) is 3.61. The number of rotatable bonds is 1. The van der Waals surface area contributed by atoms with Crippen LogP contribution in [0.5, 0.6) is 0 Å². The highest BCUT2D eigenvalue weighted by molar-refractivity contribution is 6.33. The molecule has 0 aromatic heterocycles. The normalized spacial score (nSPS) is 18.0. The third-order valence-electron chi connectivity index (χ3n) is 3.43. The van der Waals surface area contributed by atoms with Crippen molar-refractivity contribution in [1.29, 1.82) is 0 Å². The Bertz CT molecular complexity index is 506. The largest absolute Gasteiger partial charge is 0.444 e. The monoisotopic (exact) mass is 257 g/mol. The summed E-state index contributed by atoms with van der Waals surface area (Å²) in [6.45, 7) is 7.62. The molecule has 0 saturated carbocycles. The molecular weight excluding hydrogens is 237 g/mol. The van der Waals surface area contributed by atoms with Gasteiger partial charge in [0.2, 0.25) is 0 Å². The van der Waals surface area contributed by atoms with E-state index in [9.17, 15) is 4.79 Å². The lowest BCUT2D eigenvalue weighted by atomic mass is 9.87. The van der Waals surface area contributed by atoms with E-state index in [2.05, 4.69) is 5.32 Å². The van der Waals surface area contributed by atoms with Gasteiger partial charge in [-0.25, -0.2) is 4.79 Å². The summed E-state index contributed by atoms with van der Waals surface area (Å²) < 4.78 is 5.29. The highest BCUT2D eigenvalue weighted by atomic mass is 16.6. The minimum absolute atomic E-state index is 0.0316. The van der Waals surface area contributed by atoms with Crippen molar-refractivity contribution >= 4 is 19.4 Å². The van der Waals surface area contributed by atoms with E-state index in [0.29, 0.717) is 0 Å². The van der Waals surface area contributed by atoms with E-state index in [4.69, 9.17) is 12.6 Å². The highest BCUT2D eigenvalue weighted by Gasteiger charge is 2.27. The van der Waals surface area contributed by atoms with Crippen LogP contribution in [0.3, 0.4) is 0 Å². The summed E-state index contributed by atoms with van der Waals surface area (Å²) in [6.07, 6.45) is 1.49. The molecule has 0 saturated heterocycles. The zero-order valence-electron chi connectivity index (χ0n) is 12.0. The van der Waals surface area contributed by atoms with Crippen LogP contribution in [0.2, 0.25) is 0 Å². The Morgan fingerprint density at radius 3 is 2.74 bits per heavy atom. The van der Waals surface area contributed by atoms with Crippen LogP contribution in [0.25, 0.3) is 0 Å². The van der Waals surface area contributed by atoms with Gasteiger partial charge in [0, 0.05) is 0 Å².